The second-order valence-corrected chi connectivity index (χ2v) is 6.27. The highest BCUT2D eigenvalue weighted by atomic mass is 16.2. The van der Waals surface area contributed by atoms with Gasteiger partial charge in [-0.25, -0.2) is 9.48 Å². The van der Waals surface area contributed by atoms with E-state index in [1.54, 1.807) is 41.2 Å². The summed E-state index contributed by atoms with van der Waals surface area (Å²) in [7, 11) is 0. The molecular weight excluding hydrogens is 358 g/mol. The van der Waals surface area contributed by atoms with Crippen molar-refractivity contribution in [1.29, 1.82) is 0 Å². The molecule has 2 heterocycles. The van der Waals surface area contributed by atoms with Crippen LogP contribution in [0.4, 0.5) is 5.82 Å². The lowest BCUT2D eigenvalue weighted by Crippen LogP contribution is -2.38. The van der Waals surface area contributed by atoms with Crippen molar-refractivity contribution in [3.8, 4) is 0 Å². The quantitative estimate of drug-likeness (QED) is 0.553. The van der Waals surface area contributed by atoms with Crippen LogP contribution in [0.2, 0.25) is 0 Å². The third kappa shape index (κ3) is 3.48. The minimum Gasteiger partial charge on any atom is -0.309 e. The maximum absolute atomic E-state index is 12.5. The van der Waals surface area contributed by atoms with E-state index in [-0.39, 0.29) is 0 Å². The van der Waals surface area contributed by atoms with Crippen molar-refractivity contribution >= 4 is 22.6 Å². The molecule has 28 heavy (non-hydrogen) atoms. The normalized spacial score (nSPS) is 10.9. The Balaban J connectivity index is 1.55. The second-order valence-electron chi connectivity index (χ2n) is 6.27. The first-order chi connectivity index (χ1) is 13.6. The molecule has 4 aromatic rings. The highest BCUT2D eigenvalue weighted by molar-refractivity contribution is 5.89. The molecule has 0 saturated heterocycles. The zero-order chi connectivity index (χ0) is 19.5. The number of hydrogen-bond acceptors (Lipinski definition) is 4. The van der Waals surface area contributed by atoms with Crippen LogP contribution in [0.25, 0.3) is 10.9 Å². The molecule has 2 aromatic carbocycles. The van der Waals surface area contributed by atoms with Crippen LogP contribution < -0.4 is 16.6 Å². The Hall–Kier alpha value is -3.94. The number of carbonyl (C=O) groups excluding carboxylic acids is 1. The fourth-order valence-corrected chi connectivity index (χ4v) is 2.99. The van der Waals surface area contributed by atoms with Crippen LogP contribution >= 0.6 is 0 Å². The SMILES string of the molecule is O=C(Cn1c(=O)[nH]c2ccccc2c1=O)Nc1ccnn1Cc1ccccc1. The molecule has 0 aliphatic rings. The van der Waals surface area contributed by atoms with Crippen molar-refractivity contribution in [3.63, 3.8) is 0 Å². The van der Waals surface area contributed by atoms with Crippen molar-refractivity contribution < 1.29 is 4.79 Å². The first-order valence-corrected chi connectivity index (χ1v) is 8.69. The maximum Gasteiger partial charge on any atom is 0.329 e. The van der Waals surface area contributed by atoms with Crippen LogP contribution in [0.15, 0.2) is 76.4 Å². The molecular formula is C20H17N5O3. The van der Waals surface area contributed by atoms with Crippen LogP contribution in [0.5, 0.6) is 0 Å². The Morgan fingerprint density at radius 1 is 1.00 bits per heavy atom. The molecule has 0 aliphatic carbocycles. The molecule has 0 spiro atoms. The van der Waals surface area contributed by atoms with E-state index in [2.05, 4.69) is 15.4 Å². The number of rotatable bonds is 5. The highest BCUT2D eigenvalue weighted by Crippen LogP contribution is 2.10. The Labute approximate surface area is 159 Å². The lowest BCUT2D eigenvalue weighted by molar-refractivity contribution is -0.116. The van der Waals surface area contributed by atoms with Crippen LogP contribution in [-0.4, -0.2) is 25.2 Å². The highest BCUT2D eigenvalue weighted by Gasteiger charge is 2.13. The zero-order valence-corrected chi connectivity index (χ0v) is 14.8. The topological polar surface area (TPSA) is 102 Å². The number of para-hydroxylation sites is 1. The standard InChI is InChI=1S/C20H17N5O3/c26-18(13-24-19(27)15-8-4-5-9-16(15)22-20(24)28)23-17-10-11-21-25(17)12-14-6-2-1-3-7-14/h1-11H,12-13H2,(H,22,28)(H,23,26). The number of nitrogens with one attached hydrogen (secondary N) is 2. The molecule has 1 amide bonds. The van der Waals surface area contributed by atoms with E-state index in [0.29, 0.717) is 23.3 Å². The number of amides is 1. The van der Waals surface area contributed by atoms with Gasteiger partial charge in [-0.1, -0.05) is 42.5 Å². The van der Waals surface area contributed by atoms with E-state index < -0.39 is 23.7 Å². The third-order valence-electron chi connectivity index (χ3n) is 4.35. The van der Waals surface area contributed by atoms with Crippen molar-refractivity contribution in [2.24, 2.45) is 0 Å². The number of nitrogens with zero attached hydrogens (tertiary/aromatic N) is 3. The average Bonchev–Trinajstić information content (AvgIpc) is 3.12. The average molecular weight is 375 g/mol. The number of anilines is 1. The second kappa shape index (κ2) is 7.36. The molecule has 4 rings (SSSR count). The lowest BCUT2D eigenvalue weighted by atomic mass is 10.2. The van der Waals surface area contributed by atoms with E-state index in [1.165, 1.54) is 0 Å². The van der Waals surface area contributed by atoms with Gasteiger partial charge in [-0.2, -0.15) is 5.10 Å². The molecule has 2 N–H and O–H groups in total. The van der Waals surface area contributed by atoms with Crippen molar-refractivity contribution in [1.82, 2.24) is 19.3 Å². The van der Waals surface area contributed by atoms with Gasteiger partial charge in [0.1, 0.15) is 12.4 Å². The van der Waals surface area contributed by atoms with Crippen LogP contribution in [-0.2, 0) is 17.9 Å². The summed E-state index contributed by atoms with van der Waals surface area (Å²) in [6, 6.07) is 18.0. The number of benzene rings is 2. The summed E-state index contributed by atoms with van der Waals surface area (Å²) in [4.78, 5) is 39.8. The Morgan fingerprint density at radius 2 is 1.75 bits per heavy atom. The lowest BCUT2D eigenvalue weighted by Gasteiger charge is -2.10. The maximum atomic E-state index is 12.5. The van der Waals surface area contributed by atoms with Gasteiger partial charge >= 0.3 is 5.69 Å². The van der Waals surface area contributed by atoms with Gasteiger partial charge in [0.2, 0.25) is 5.91 Å². The molecule has 8 nitrogen and oxygen atoms in total. The molecule has 0 saturated carbocycles. The van der Waals surface area contributed by atoms with Gasteiger partial charge in [-0.3, -0.25) is 14.2 Å². The molecule has 0 bridgehead atoms. The van der Waals surface area contributed by atoms with E-state index in [1.807, 2.05) is 30.3 Å². The first kappa shape index (κ1) is 17.5. The predicted octanol–water partition coefficient (Wildman–Crippen LogP) is 1.57. The summed E-state index contributed by atoms with van der Waals surface area (Å²) < 4.78 is 2.52. The summed E-state index contributed by atoms with van der Waals surface area (Å²) in [5.41, 5.74) is 0.336. The number of hydrogen-bond donors (Lipinski definition) is 2. The van der Waals surface area contributed by atoms with Gasteiger partial charge in [-0.05, 0) is 17.7 Å². The molecule has 0 aliphatic heterocycles. The number of aromatic nitrogens is 4. The Morgan fingerprint density at radius 3 is 2.57 bits per heavy atom. The van der Waals surface area contributed by atoms with Gasteiger partial charge in [-0.15, -0.1) is 0 Å². The number of H-pyrrole nitrogens is 1. The van der Waals surface area contributed by atoms with Crippen LogP contribution in [0.3, 0.4) is 0 Å². The third-order valence-corrected chi connectivity index (χ3v) is 4.35. The fraction of sp³-hybridized carbons (Fsp3) is 0.100. The molecule has 0 atom stereocenters. The molecule has 2 aromatic heterocycles. The summed E-state index contributed by atoms with van der Waals surface area (Å²) in [6.45, 7) is 0.0927. The fourth-order valence-electron chi connectivity index (χ4n) is 2.99. The first-order valence-electron chi connectivity index (χ1n) is 8.69. The van der Waals surface area contributed by atoms with Crippen molar-refractivity contribution in [2.75, 3.05) is 5.32 Å². The monoisotopic (exact) mass is 375 g/mol. The van der Waals surface area contributed by atoms with Gasteiger partial charge in [0, 0.05) is 6.07 Å². The number of carbonyl (C=O) groups is 1. The van der Waals surface area contributed by atoms with Gasteiger partial charge < -0.3 is 10.3 Å². The minimum absolute atomic E-state index is 0.351. The van der Waals surface area contributed by atoms with E-state index in [4.69, 9.17) is 0 Å². The van der Waals surface area contributed by atoms with E-state index in [0.717, 1.165) is 10.1 Å². The molecule has 0 fully saturated rings. The molecule has 0 unspecified atom stereocenters. The molecule has 8 heteroatoms. The zero-order valence-electron chi connectivity index (χ0n) is 14.8. The van der Waals surface area contributed by atoms with Gasteiger partial charge in [0.05, 0.1) is 23.6 Å². The summed E-state index contributed by atoms with van der Waals surface area (Å²) >= 11 is 0. The smallest absolute Gasteiger partial charge is 0.309 e. The number of aromatic amines is 1. The Bertz CT molecular complexity index is 1250. The number of fused-ring (bicyclic) bond motifs is 1. The van der Waals surface area contributed by atoms with Crippen molar-refractivity contribution in [2.45, 2.75) is 13.1 Å². The van der Waals surface area contributed by atoms with Crippen LogP contribution in [0.1, 0.15) is 5.56 Å². The van der Waals surface area contributed by atoms with Gasteiger partial charge in [0.15, 0.2) is 0 Å². The summed E-state index contributed by atoms with van der Waals surface area (Å²) in [5.74, 6) is -0.00295. The minimum atomic E-state index is -0.628. The molecule has 0 radical (unpaired) electrons. The van der Waals surface area contributed by atoms with Crippen molar-refractivity contribution in [3.05, 3.63) is 93.3 Å². The van der Waals surface area contributed by atoms with E-state index in [9.17, 15) is 14.4 Å². The summed E-state index contributed by atoms with van der Waals surface area (Å²) in [5, 5.41) is 7.27. The predicted molar refractivity (Wildman–Crippen MR) is 105 cm³/mol. The Kier molecular flexibility index (Phi) is 4.59. The van der Waals surface area contributed by atoms with Gasteiger partial charge in [0.25, 0.3) is 5.56 Å². The largest absolute Gasteiger partial charge is 0.329 e. The summed E-state index contributed by atoms with van der Waals surface area (Å²) in [6.07, 6.45) is 1.58. The molecule has 140 valence electrons. The van der Waals surface area contributed by atoms with E-state index >= 15 is 0 Å². The van der Waals surface area contributed by atoms with Crippen LogP contribution in [0, 0.1) is 0 Å².